The van der Waals surface area contributed by atoms with E-state index in [-0.39, 0.29) is 11.5 Å². The van der Waals surface area contributed by atoms with Gasteiger partial charge in [-0.3, -0.25) is 4.90 Å². The Morgan fingerprint density at radius 2 is 2.22 bits per heavy atom. The number of aromatic nitrogens is 1. The van der Waals surface area contributed by atoms with Gasteiger partial charge in [0.15, 0.2) is 10.8 Å². The van der Waals surface area contributed by atoms with E-state index in [0.717, 1.165) is 24.8 Å². The molecule has 0 atom stereocenters. The van der Waals surface area contributed by atoms with Gasteiger partial charge in [-0.25, -0.2) is 9.78 Å². The zero-order chi connectivity index (χ0) is 13.3. The van der Waals surface area contributed by atoms with Crippen LogP contribution in [0, 0.1) is 0 Å². The fourth-order valence-electron chi connectivity index (χ4n) is 2.01. The second-order valence-corrected chi connectivity index (χ2v) is 6.00. The molecule has 1 aromatic rings. The minimum Gasteiger partial charge on any atom is -0.464 e. The lowest BCUT2D eigenvalue weighted by molar-refractivity contribution is 0.0595. The molecule has 0 amide bonds. The van der Waals surface area contributed by atoms with E-state index in [2.05, 4.69) is 40.4 Å². The van der Waals surface area contributed by atoms with Crippen LogP contribution < -0.4 is 4.90 Å². The highest BCUT2D eigenvalue weighted by molar-refractivity contribution is 7.13. The normalized spacial score (nSPS) is 19.9. The molecule has 0 N–H and O–H groups in total. The lowest BCUT2D eigenvalue weighted by Crippen LogP contribution is -2.57. The summed E-state index contributed by atoms with van der Waals surface area (Å²) in [5, 5.41) is 2.66. The van der Waals surface area contributed by atoms with Crippen LogP contribution in [0.1, 0.15) is 24.3 Å². The Balaban J connectivity index is 2.13. The molecule has 1 saturated heterocycles. The molecule has 0 saturated carbocycles. The number of anilines is 1. The van der Waals surface area contributed by atoms with Crippen LogP contribution in [0.5, 0.6) is 0 Å². The highest BCUT2D eigenvalue weighted by atomic mass is 32.1. The number of ether oxygens (including phenoxy) is 1. The molecule has 0 aliphatic carbocycles. The predicted octanol–water partition coefficient (Wildman–Crippen LogP) is 1.46. The van der Waals surface area contributed by atoms with E-state index < -0.39 is 0 Å². The van der Waals surface area contributed by atoms with Gasteiger partial charge >= 0.3 is 5.97 Å². The van der Waals surface area contributed by atoms with Crippen molar-refractivity contribution in [1.82, 2.24) is 9.88 Å². The minimum absolute atomic E-state index is 0.120. The van der Waals surface area contributed by atoms with Crippen molar-refractivity contribution in [3.05, 3.63) is 11.1 Å². The Hall–Kier alpha value is -1.14. The Morgan fingerprint density at radius 3 is 2.83 bits per heavy atom. The number of hydrogen-bond acceptors (Lipinski definition) is 6. The van der Waals surface area contributed by atoms with Gasteiger partial charge in [-0.15, -0.1) is 11.3 Å². The maximum absolute atomic E-state index is 11.4. The number of thiazole rings is 1. The van der Waals surface area contributed by atoms with Crippen LogP contribution in [0.2, 0.25) is 0 Å². The largest absolute Gasteiger partial charge is 0.464 e. The van der Waals surface area contributed by atoms with Crippen LogP contribution in [0.3, 0.4) is 0 Å². The van der Waals surface area contributed by atoms with Crippen LogP contribution in [-0.4, -0.2) is 55.2 Å². The molecule has 1 aliphatic heterocycles. The summed E-state index contributed by atoms with van der Waals surface area (Å²) in [6.45, 7) is 7.29. The number of hydrogen-bond donors (Lipinski definition) is 0. The molecule has 0 bridgehead atoms. The third kappa shape index (κ3) is 2.49. The molecule has 2 rings (SSSR count). The second kappa shape index (κ2) is 4.85. The predicted molar refractivity (Wildman–Crippen MR) is 72.4 cm³/mol. The molecule has 1 aliphatic rings. The molecular weight excluding hydrogens is 250 g/mol. The van der Waals surface area contributed by atoms with Gasteiger partial charge in [0, 0.05) is 30.6 Å². The number of piperazine rings is 1. The number of carbonyl (C=O) groups excluding carboxylic acids is 1. The quantitative estimate of drug-likeness (QED) is 0.761. The number of rotatable bonds is 2. The van der Waals surface area contributed by atoms with Gasteiger partial charge in [-0.2, -0.15) is 0 Å². The average molecular weight is 269 g/mol. The van der Waals surface area contributed by atoms with Gasteiger partial charge in [0.1, 0.15) is 0 Å². The summed E-state index contributed by atoms with van der Waals surface area (Å²) >= 11 is 1.50. The summed E-state index contributed by atoms with van der Waals surface area (Å²) in [6.07, 6.45) is 0. The Morgan fingerprint density at radius 1 is 1.50 bits per heavy atom. The van der Waals surface area contributed by atoms with E-state index in [4.69, 9.17) is 0 Å². The minimum atomic E-state index is -0.370. The van der Waals surface area contributed by atoms with Crippen molar-refractivity contribution in [3.63, 3.8) is 0 Å². The van der Waals surface area contributed by atoms with Crippen molar-refractivity contribution in [2.45, 2.75) is 19.4 Å². The lowest BCUT2D eigenvalue weighted by atomic mass is 10.0. The highest BCUT2D eigenvalue weighted by Crippen LogP contribution is 2.27. The molecule has 0 unspecified atom stereocenters. The van der Waals surface area contributed by atoms with Crippen molar-refractivity contribution < 1.29 is 9.53 Å². The SMILES string of the molecule is COC(=O)c1csc(N2CCN(C)C(C)(C)C2)n1. The Labute approximate surface area is 111 Å². The number of carbonyl (C=O) groups is 1. The van der Waals surface area contributed by atoms with Crippen LogP contribution in [0.4, 0.5) is 5.13 Å². The van der Waals surface area contributed by atoms with Crippen LogP contribution >= 0.6 is 11.3 Å². The first kappa shape index (κ1) is 13.3. The van der Waals surface area contributed by atoms with Crippen LogP contribution in [0.15, 0.2) is 5.38 Å². The summed E-state index contributed by atoms with van der Waals surface area (Å²) in [7, 11) is 3.51. The average Bonchev–Trinajstić information content (AvgIpc) is 2.81. The molecule has 100 valence electrons. The molecule has 18 heavy (non-hydrogen) atoms. The first-order valence-corrected chi connectivity index (χ1v) is 6.82. The van der Waals surface area contributed by atoms with Gasteiger partial charge < -0.3 is 9.64 Å². The van der Waals surface area contributed by atoms with E-state index in [1.165, 1.54) is 18.4 Å². The summed E-state index contributed by atoms with van der Waals surface area (Å²) in [6, 6.07) is 0. The van der Waals surface area contributed by atoms with E-state index in [9.17, 15) is 4.79 Å². The van der Waals surface area contributed by atoms with E-state index in [1.54, 1.807) is 5.38 Å². The van der Waals surface area contributed by atoms with Crippen molar-refractivity contribution >= 4 is 22.4 Å². The zero-order valence-corrected chi connectivity index (χ0v) is 12.1. The third-order valence-corrected chi connectivity index (χ3v) is 4.38. The monoisotopic (exact) mass is 269 g/mol. The van der Waals surface area contributed by atoms with Crippen molar-refractivity contribution in [3.8, 4) is 0 Å². The van der Waals surface area contributed by atoms with Crippen LogP contribution in [-0.2, 0) is 4.74 Å². The standard InChI is InChI=1S/C12H19N3O2S/c1-12(2)8-15(6-5-14(12)3)11-13-9(7-18-11)10(16)17-4/h7H,5-6,8H2,1-4H3. The molecule has 2 heterocycles. The first-order chi connectivity index (χ1) is 8.44. The van der Waals surface area contributed by atoms with Crippen molar-refractivity contribution in [2.75, 3.05) is 38.7 Å². The van der Waals surface area contributed by atoms with Crippen LogP contribution in [0.25, 0.3) is 0 Å². The van der Waals surface area contributed by atoms with Gasteiger partial charge in [0.05, 0.1) is 7.11 Å². The molecule has 1 aromatic heterocycles. The van der Waals surface area contributed by atoms with Crippen molar-refractivity contribution in [2.24, 2.45) is 0 Å². The molecule has 5 nitrogen and oxygen atoms in total. The smallest absolute Gasteiger partial charge is 0.357 e. The zero-order valence-electron chi connectivity index (χ0n) is 11.3. The fraction of sp³-hybridized carbons (Fsp3) is 0.667. The first-order valence-electron chi connectivity index (χ1n) is 5.94. The van der Waals surface area contributed by atoms with E-state index in [1.807, 2.05) is 0 Å². The highest BCUT2D eigenvalue weighted by Gasteiger charge is 2.32. The second-order valence-electron chi connectivity index (χ2n) is 5.16. The van der Waals surface area contributed by atoms with E-state index in [0.29, 0.717) is 5.69 Å². The molecule has 0 spiro atoms. The molecular formula is C12H19N3O2S. The summed E-state index contributed by atoms with van der Waals surface area (Å²) in [5.41, 5.74) is 0.518. The molecule has 0 radical (unpaired) electrons. The molecule has 6 heteroatoms. The number of likely N-dealkylation sites (N-methyl/N-ethyl adjacent to an activating group) is 1. The molecule has 1 fully saturated rings. The van der Waals surface area contributed by atoms with Gasteiger partial charge in [0.2, 0.25) is 0 Å². The van der Waals surface area contributed by atoms with E-state index >= 15 is 0 Å². The lowest BCUT2D eigenvalue weighted by Gasteiger charge is -2.45. The third-order valence-electron chi connectivity index (χ3n) is 3.47. The Kier molecular flexibility index (Phi) is 3.59. The summed E-state index contributed by atoms with van der Waals surface area (Å²) in [5.74, 6) is -0.370. The van der Waals surface area contributed by atoms with Gasteiger partial charge in [-0.05, 0) is 20.9 Å². The fourth-order valence-corrected chi connectivity index (χ4v) is 2.83. The summed E-state index contributed by atoms with van der Waals surface area (Å²) in [4.78, 5) is 20.3. The number of esters is 1. The molecule has 0 aromatic carbocycles. The maximum Gasteiger partial charge on any atom is 0.357 e. The van der Waals surface area contributed by atoms with Crippen molar-refractivity contribution in [1.29, 1.82) is 0 Å². The van der Waals surface area contributed by atoms with Gasteiger partial charge in [0.25, 0.3) is 0 Å². The Bertz CT molecular complexity index is 444. The van der Waals surface area contributed by atoms with Gasteiger partial charge in [-0.1, -0.05) is 0 Å². The number of methoxy groups -OCH3 is 1. The number of nitrogens with zero attached hydrogens (tertiary/aromatic N) is 3. The maximum atomic E-state index is 11.4. The topological polar surface area (TPSA) is 45.7 Å². The summed E-state index contributed by atoms with van der Waals surface area (Å²) < 4.78 is 4.67.